The van der Waals surface area contributed by atoms with Gasteiger partial charge in [-0.25, -0.2) is 4.39 Å². The molecule has 0 aliphatic heterocycles. The lowest BCUT2D eigenvalue weighted by Crippen LogP contribution is -1.98. The van der Waals surface area contributed by atoms with Crippen LogP contribution in [-0.2, 0) is 0 Å². The van der Waals surface area contributed by atoms with Gasteiger partial charge >= 0.3 is 0 Å². The van der Waals surface area contributed by atoms with Crippen molar-refractivity contribution in [2.24, 2.45) is 0 Å². The number of aliphatic hydroxyl groups excluding tert-OH is 1. The maximum atomic E-state index is 13.4. The molecular weight excluding hydrogens is 267 g/mol. The number of hydrogen-bond donors (Lipinski definition) is 1. The maximum absolute atomic E-state index is 13.4. The number of ether oxygens (including phenoxy) is 1. The molecule has 116 valence electrons. The summed E-state index contributed by atoms with van der Waals surface area (Å²) >= 11 is 0. The molecule has 3 heteroatoms. The second-order valence-electron chi connectivity index (χ2n) is 5.11. The molecule has 1 aromatic rings. The fraction of sp³-hybridized carbons (Fsp3) is 0.556. The molecule has 0 amide bonds. The lowest BCUT2D eigenvalue weighted by molar-refractivity contribution is 0.303. The Hall–Kier alpha value is -1.53. The van der Waals surface area contributed by atoms with Gasteiger partial charge in [0.25, 0.3) is 0 Å². The zero-order valence-electron chi connectivity index (χ0n) is 12.8. The van der Waals surface area contributed by atoms with Crippen LogP contribution in [0.2, 0.25) is 0 Å². The van der Waals surface area contributed by atoms with Crippen molar-refractivity contribution in [1.82, 2.24) is 0 Å². The first-order valence-corrected chi connectivity index (χ1v) is 7.79. The van der Waals surface area contributed by atoms with Crippen molar-refractivity contribution in [3.8, 4) is 17.6 Å². The van der Waals surface area contributed by atoms with E-state index in [0.717, 1.165) is 12.8 Å². The van der Waals surface area contributed by atoms with E-state index in [4.69, 9.17) is 9.84 Å². The minimum Gasteiger partial charge on any atom is -0.493 e. The van der Waals surface area contributed by atoms with Gasteiger partial charge in [-0.05, 0) is 18.6 Å². The largest absolute Gasteiger partial charge is 0.493 e. The monoisotopic (exact) mass is 292 g/mol. The molecule has 0 aliphatic carbocycles. The number of benzene rings is 1. The fourth-order valence-electron chi connectivity index (χ4n) is 2.11. The number of unbranched alkanes of at least 4 members (excludes halogenated alkanes) is 6. The molecule has 0 aliphatic rings. The number of hydrogen-bond acceptors (Lipinski definition) is 2. The van der Waals surface area contributed by atoms with Crippen LogP contribution in [0.25, 0.3) is 0 Å². The third-order valence-corrected chi connectivity index (χ3v) is 3.20. The molecule has 0 spiro atoms. The second-order valence-corrected chi connectivity index (χ2v) is 5.11. The smallest absolute Gasteiger partial charge is 0.128 e. The van der Waals surface area contributed by atoms with Crippen LogP contribution in [-0.4, -0.2) is 18.3 Å². The van der Waals surface area contributed by atoms with E-state index in [2.05, 4.69) is 18.8 Å². The molecule has 1 rings (SSSR count). The molecule has 0 radical (unpaired) electrons. The summed E-state index contributed by atoms with van der Waals surface area (Å²) in [7, 11) is 0. The molecular formula is C18H25FO2. The molecule has 0 bridgehead atoms. The van der Waals surface area contributed by atoms with Crippen LogP contribution >= 0.6 is 0 Å². The van der Waals surface area contributed by atoms with E-state index >= 15 is 0 Å². The highest BCUT2D eigenvalue weighted by molar-refractivity contribution is 5.40. The summed E-state index contributed by atoms with van der Waals surface area (Å²) in [5.41, 5.74) is 0.526. The zero-order chi connectivity index (χ0) is 15.3. The summed E-state index contributed by atoms with van der Waals surface area (Å²) in [6.45, 7) is 2.58. The van der Waals surface area contributed by atoms with Gasteiger partial charge < -0.3 is 9.84 Å². The highest BCUT2D eigenvalue weighted by atomic mass is 19.1. The molecule has 0 aromatic heterocycles. The summed E-state index contributed by atoms with van der Waals surface area (Å²) < 4.78 is 19.0. The minimum atomic E-state index is -0.366. The number of rotatable bonds is 9. The van der Waals surface area contributed by atoms with E-state index in [1.807, 2.05) is 0 Å². The molecule has 0 saturated carbocycles. The van der Waals surface area contributed by atoms with Crippen LogP contribution in [0, 0.1) is 17.7 Å². The lowest BCUT2D eigenvalue weighted by atomic mass is 10.1. The van der Waals surface area contributed by atoms with E-state index in [0.29, 0.717) is 17.9 Å². The van der Waals surface area contributed by atoms with Gasteiger partial charge in [0.05, 0.1) is 6.61 Å². The average Bonchev–Trinajstić information content (AvgIpc) is 2.47. The van der Waals surface area contributed by atoms with E-state index in [9.17, 15) is 4.39 Å². The highest BCUT2D eigenvalue weighted by Crippen LogP contribution is 2.16. The van der Waals surface area contributed by atoms with Gasteiger partial charge in [-0.15, -0.1) is 0 Å². The van der Waals surface area contributed by atoms with Gasteiger partial charge in [-0.1, -0.05) is 57.3 Å². The molecule has 2 nitrogen and oxygen atoms in total. The number of halogens is 1. The zero-order valence-corrected chi connectivity index (χ0v) is 12.8. The topological polar surface area (TPSA) is 29.5 Å². The summed E-state index contributed by atoms with van der Waals surface area (Å²) in [5, 5.41) is 8.65. The summed E-state index contributed by atoms with van der Waals surface area (Å²) in [5.74, 6) is 5.33. The molecule has 0 saturated heterocycles. The first-order valence-electron chi connectivity index (χ1n) is 7.79. The van der Waals surface area contributed by atoms with Crippen molar-refractivity contribution in [3.05, 3.63) is 29.6 Å². The van der Waals surface area contributed by atoms with Gasteiger partial charge in [-0.3, -0.25) is 0 Å². The summed E-state index contributed by atoms with van der Waals surface area (Å²) in [4.78, 5) is 0. The Morgan fingerprint density at radius 2 is 1.76 bits per heavy atom. The lowest BCUT2D eigenvalue weighted by Gasteiger charge is -2.07. The van der Waals surface area contributed by atoms with Gasteiger partial charge in [0.2, 0.25) is 0 Å². The highest BCUT2D eigenvalue weighted by Gasteiger charge is 2.00. The Balaban J connectivity index is 2.27. The Labute approximate surface area is 127 Å². The SMILES string of the molecule is CCCCCCCCCOc1cc(F)cc(C#CCO)c1. The maximum Gasteiger partial charge on any atom is 0.128 e. The molecule has 1 aromatic carbocycles. The summed E-state index contributed by atoms with van der Waals surface area (Å²) in [6.07, 6.45) is 8.56. The normalized spacial score (nSPS) is 10.0. The van der Waals surface area contributed by atoms with Crippen molar-refractivity contribution in [3.63, 3.8) is 0 Å². The first-order chi connectivity index (χ1) is 10.3. The van der Waals surface area contributed by atoms with Crippen molar-refractivity contribution in [1.29, 1.82) is 0 Å². The van der Waals surface area contributed by atoms with Crippen LogP contribution in [0.15, 0.2) is 18.2 Å². The second kappa shape index (κ2) is 11.2. The molecule has 0 unspecified atom stereocenters. The van der Waals surface area contributed by atoms with Crippen molar-refractivity contribution in [2.75, 3.05) is 13.2 Å². The Morgan fingerprint density at radius 1 is 1.05 bits per heavy atom. The Morgan fingerprint density at radius 3 is 2.48 bits per heavy atom. The minimum absolute atomic E-state index is 0.231. The van der Waals surface area contributed by atoms with Crippen LogP contribution in [0.1, 0.15) is 57.4 Å². The molecule has 0 heterocycles. The van der Waals surface area contributed by atoms with Gasteiger partial charge in [-0.2, -0.15) is 0 Å². The summed E-state index contributed by atoms with van der Waals surface area (Å²) in [6, 6.07) is 4.40. The number of aliphatic hydroxyl groups is 1. The van der Waals surface area contributed by atoms with Gasteiger partial charge in [0.1, 0.15) is 18.2 Å². The van der Waals surface area contributed by atoms with E-state index in [-0.39, 0.29) is 12.4 Å². The fourth-order valence-corrected chi connectivity index (χ4v) is 2.11. The first kappa shape index (κ1) is 17.5. The van der Waals surface area contributed by atoms with Crippen molar-refractivity contribution < 1.29 is 14.2 Å². The quantitative estimate of drug-likeness (QED) is 0.543. The van der Waals surface area contributed by atoms with E-state index in [1.165, 1.54) is 44.2 Å². The van der Waals surface area contributed by atoms with Crippen molar-refractivity contribution in [2.45, 2.75) is 51.9 Å². The van der Waals surface area contributed by atoms with Crippen molar-refractivity contribution >= 4 is 0 Å². The Bertz CT molecular complexity index is 460. The van der Waals surface area contributed by atoms with Crippen LogP contribution < -0.4 is 4.74 Å². The average molecular weight is 292 g/mol. The predicted octanol–water partition coefficient (Wildman–Crippen LogP) is 4.30. The van der Waals surface area contributed by atoms with Gasteiger partial charge in [0, 0.05) is 11.6 Å². The van der Waals surface area contributed by atoms with Gasteiger partial charge in [0.15, 0.2) is 0 Å². The third-order valence-electron chi connectivity index (χ3n) is 3.20. The third kappa shape index (κ3) is 8.37. The van der Waals surface area contributed by atoms with Crippen LogP contribution in [0.3, 0.4) is 0 Å². The molecule has 0 fully saturated rings. The van der Waals surface area contributed by atoms with E-state index in [1.54, 1.807) is 6.07 Å². The van der Waals surface area contributed by atoms with Crippen LogP contribution in [0.5, 0.6) is 5.75 Å². The predicted molar refractivity (Wildman–Crippen MR) is 83.9 cm³/mol. The molecule has 21 heavy (non-hydrogen) atoms. The standard InChI is InChI=1S/C18H25FO2/c1-2-3-4-5-6-7-8-12-21-18-14-16(10-9-11-20)13-17(19)15-18/h13-15,20H,2-8,11-12H2,1H3. The Kier molecular flexibility index (Phi) is 9.32. The molecule has 1 N–H and O–H groups in total. The van der Waals surface area contributed by atoms with Crippen LogP contribution in [0.4, 0.5) is 4.39 Å². The van der Waals surface area contributed by atoms with E-state index < -0.39 is 0 Å². The molecule has 0 atom stereocenters.